The number of methoxy groups -OCH3 is 1. The fraction of sp³-hybridized carbons (Fsp3) is 0.412. The molecule has 0 unspecified atom stereocenters. The number of nitrogens with zero attached hydrogens (tertiary/aromatic N) is 2. The van der Waals surface area contributed by atoms with Crippen molar-refractivity contribution in [1.29, 1.82) is 0 Å². The van der Waals surface area contributed by atoms with Crippen LogP contribution in [-0.2, 0) is 4.79 Å². The molecule has 1 aromatic carbocycles. The molecule has 0 spiro atoms. The molecule has 1 heterocycles. The molecular formula is C17H23N3O3. The number of anilines is 1. The van der Waals surface area contributed by atoms with Crippen LogP contribution in [0.25, 0.3) is 0 Å². The van der Waals surface area contributed by atoms with E-state index in [1.807, 2.05) is 49.0 Å². The Morgan fingerprint density at radius 3 is 2.57 bits per heavy atom. The number of amides is 1. The fourth-order valence-corrected chi connectivity index (χ4v) is 2.00. The first-order chi connectivity index (χ1) is 11.1. The molecule has 6 nitrogen and oxygen atoms in total. The Labute approximate surface area is 136 Å². The van der Waals surface area contributed by atoms with Crippen molar-refractivity contribution < 1.29 is 14.3 Å². The highest BCUT2D eigenvalue weighted by molar-refractivity contribution is 5.90. The first kappa shape index (κ1) is 16.9. The van der Waals surface area contributed by atoms with Gasteiger partial charge >= 0.3 is 0 Å². The summed E-state index contributed by atoms with van der Waals surface area (Å²) in [6.07, 6.45) is 4.54. The predicted molar refractivity (Wildman–Crippen MR) is 89.0 cm³/mol. The van der Waals surface area contributed by atoms with Crippen molar-refractivity contribution >= 4 is 11.6 Å². The summed E-state index contributed by atoms with van der Waals surface area (Å²) in [5, 5.41) is 7.02. The van der Waals surface area contributed by atoms with E-state index < -0.39 is 0 Å². The molecule has 0 aliphatic heterocycles. The minimum absolute atomic E-state index is 0.0355. The van der Waals surface area contributed by atoms with Gasteiger partial charge in [-0.05, 0) is 44.5 Å². The number of aromatic nitrogens is 2. The van der Waals surface area contributed by atoms with Crippen LogP contribution in [0.2, 0.25) is 0 Å². The highest BCUT2D eigenvalue weighted by Crippen LogP contribution is 2.17. The van der Waals surface area contributed by atoms with E-state index in [2.05, 4.69) is 10.4 Å². The first-order valence-electron chi connectivity index (χ1n) is 7.69. The first-order valence-corrected chi connectivity index (χ1v) is 7.69. The van der Waals surface area contributed by atoms with Crippen LogP contribution in [0.5, 0.6) is 11.5 Å². The second-order valence-corrected chi connectivity index (χ2v) is 5.48. The van der Waals surface area contributed by atoms with Crippen LogP contribution in [0.15, 0.2) is 36.7 Å². The van der Waals surface area contributed by atoms with E-state index in [1.165, 1.54) is 0 Å². The van der Waals surface area contributed by atoms with E-state index in [0.29, 0.717) is 19.4 Å². The van der Waals surface area contributed by atoms with Gasteiger partial charge in [-0.1, -0.05) is 0 Å². The topological polar surface area (TPSA) is 65.4 Å². The SMILES string of the molecule is COc1ccc(OCCCC(=O)Nc2cnn(C(C)C)c2)cc1. The molecule has 2 rings (SSSR count). The fourth-order valence-electron chi connectivity index (χ4n) is 2.00. The zero-order chi connectivity index (χ0) is 16.7. The molecule has 0 saturated heterocycles. The van der Waals surface area contributed by atoms with Gasteiger partial charge in [0, 0.05) is 18.7 Å². The Bertz CT molecular complexity index is 620. The number of hydrogen-bond donors (Lipinski definition) is 1. The van der Waals surface area contributed by atoms with Crippen LogP contribution in [0.1, 0.15) is 32.7 Å². The summed E-state index contributed by atoms with van der Waals surface area (Å²) < 4.78 is 12.5. The van der Waals surface area contributed by atoms with Gasteiger partial charge in [0.05, 0.1) is 25.6 Å². The molecule has 124 valence electrons. The Morgan fingerprint density at radius 1 is 1.26 bits per heavy atom. The third-order valence-corrected chi connectivity index (χ3v) is 3.29. The van der Waals surface area contributed by atoms with Gasteiger partial charge in [0.1, 0.15) is 11.5 Å². The Hall–Kier alpha value is -2.50. The number of ether oxygens (including phenoxy) is 2. The normalized spacial score (nSPS) is 10.6. The van der Waals surface area contributed by atoms with Crippen molar-refractivity contribution in [2.24, 2.45) is 0 Å². The highest BCUT2D eigenvalue weighted by Gasteiger charge is 2.06. The second-order valence-electron chi connectivity index (χ2n) is 5.48. The van der Waals surface area contributed by atoms with E-state index in [0.717, 1.165) is 17.2 Å². The summed E-state index contributed by atoms with van der Waals surface area (Å²) in [5.74, 6) is 1.52. The molecule has 0 aliphatic rings. The molecule has 23 heavy (non-hydrogen) atoms. The van der Waals surface area contributed by atoms with Gasteiger partial charge in [0.15, 0.2) is 0 Å². The minimum Gasteiger partial charge on any atom is -0.497 e. The molecule has 1 N–H and O–H groups in total. The number of rotatable bonds is 8. The van der Waals surface area contributed by atoms with Crippen LogP contribution < -0.4 is 14.8 Å². The lowest BCUT2D eigenvalue weighted by atomic mass is 10.3. The Morgan fingerprint density at radius 2 is 1.96 bits per heavy atom. The van der Waals surface area contributed by atoms with E-state index >= 15 is 0 Å². The van der Waals surface area contributed by atoms with Crippen molar-refractivity contribution in [3.8, 4) is 11.5 Å². The molecule has 0 aliphatic carbocycles. The van der Waals surface area contributed by atoms with E-state index in [9.17, 15) is 4.79 Å². The molecule has 6 heteroatoms. The molecular weight excluding hydrogens is 294 g/mol. The van der Waals surface area contributed by atoms with E-state index in [-0.39, 0.29) is 11.9 Å². The monoisotopic (exact) mass is 317 g/mol. The molecule has 0 radical (unpaired) electrons. The average Bonchev–Trinajstić information content (AvgIpc) is 3.01. The maximum atomic E-state index is 11.9. The molecule has 0 saturated carbocycles. The lowest BCUT2D eigenvalue weighted by Crippen LogP contribution is -2.12. The largest absolute Gasteiger partial charge is 0.497 e. The summed E-state index contributed by atoms with van der Waals surface area (Å²) in [7, 11) is 1.62. The summed E-state index contributed by atoms with van der Waals surface area (Å²) >= 11 is 0. The zero-order valence-corrected chi connectivity index (χ0v) is 13.8. The van der Waals surface area contributed by atoms with Gasteiger partial charge in [0.25, 0.3) is 0 Å². The molecule has 1 amide bonds. The number of carbonyl (C=O) groups excluding carboxylic acids is 1. The summed E-state index contributed by atoms with van der Waals surface area (Å²) in [6.45, 7) is 4.56. The maximum Gasteiger partial charge on any atom is 0.224 e. The third-order valence-electron chi connectivity index (χ3n) is 3.29. The smallest absolute Gasteiger partial charge is 0.224 e. The summed E-state index contributed by atoms with van der Waals surface area (Å²) in [6, 6.07) is 7.65. The summed E-state index contributed by atoms with van der Waals surface area (Å²) in [4.78, 5) is 11.9. The summed E-state index contributed by atoms with van der Waals surface area (Å²) in [5.41, 5.74) is 0.722. The van der Waals surface area contributed by atoms with Crippen molar-refractivity contribution in [2.45, 2.75) is 32.7 Å². The predicted octanol–water partition coefficient (Wildman–Crippen LogP) is 3.27. The van der Waals surface area contributed by atoms with Crippen molar-refractivity contribution in [3.63, 3.8) is 0 Å². The Balaban J connectivity index is 1.67. The molecule has 0 bridgehead atoms. The van der Waals surface area contributed by atoms with Crippen LogP contribution >= 0.6 is 0 Å². The lowest BCUT2D eigenvalue weighted by molar-refractivity contribution is -0.116. The van der Waals surface area contributed by atoms with Gasteiger partial charge in [-0.2, -0.15) is 5.10 Å². The van der Waals surface area contributed by atoms with E-state index in [1.54, 1.807) is 13.3 Å². The van der Waals surface area contributed by atoms with Crippen LogP contribution in [0.4, 0.5) is 5.69 Å². The highest BCUT2D eigenvalue weighted by atomic mass is 16.5. The number of hydrogen-bond acceptors (Lipinski definition) is 4. The number of benzene rings is 1. The van der Waals surface area contributed by atoms with Crippen molar-refractivity contribution in [2.75, 3.05) is 19.0 Å². The van der Waals surface area contributed by atoms with Crippen LogP contribution in [-0.4, -0.2) is 29.4 Å². The Kier molecular flexibility index (Phi) is 6.02. The van der Waals surface area contributed by atoms with E-state index in [4.69, 9.17) is 9.47 Å². The quantitative estimate of drug-likeness (QED) is 0.759. The van der Waals surface area contributed by atoms with Gasteiger partial charge in [-0.15, -0.1) is 0 Å². The van der Waals surface area contributed by atoms with Gasteiger partial charge < -0.3 is 14.8 Å². The van der Waals surface area contributed by atoms with Gasteiger partial charge in [-0.25, -0.2) is 0 Å². The van der Waals surface area contributed by atoms with Crippen LogP contribution in [0.3, 0.4) is 0 Å². The molecule has 1 aromatic heterocycles. The van der Waals surface area contributed by atoms with Gasteiger partial charge in [-0.3, -0.25) is 9.48 Å². The minimum atomic E-state index is -0.0355. The lowest BCUT2D eigenvalue weighted by Gasteiger charge is -2.07. The maximum absolute atomic E-state index is 11.9. The molecule has 0 fully saturated rings. The van der Waals surface area contributed by atoms with Gasteiger partial charge in [0.2, 0.25) is 5.91 Å². The number of carbonyl (C=O) groups is 1. The van der Waals surface area contributed by atoms with Crippen molar-refractivity contribution in [1.82, 2.24) is 9.78 Å². The molecule has 2 aromatic rings. The van der Waals surface area contributed by atoms with Crippen molar-refractivity contribution in [3.05, 3.63) is 36.7 Å². The average molecular weight is 317 g/mol. The third kappa shape index (κ3) is 5.32. The second kappa shape index (κ2) is 8.22. The van der Waals surface area contributed by atoms with Crippen LogP contribution in [0, 0.1) is 0 Å². The number of nitrogens with one attached hydrogen (secondary N) is 1. The molecule has 0 atom stereocenters. The zero-order valence-electron chi connectivity index (χ0n) is 13.8. The standard InChI is InChI=1S/C17H23N3O3/c1-13(2)20-12-14(11-18-20)19-17(21)5-4-10-23-16-8-6-15(22-3)7-9-16/h6-9,11-13H,4-5,10H2,1-3H3,(H,19,21).